The van der Waals surface area contributed by atoms with Gasteiger partial charge in [0, 0.05) is 15.9 Å². The van der Waals surface area contributed by atoms with Gasteiger partial charge >= 0.3 is 0 Å². The predicted octanol–water partition coefficient (Wildman–Crippen LogP) is 6.66. The Labute approximate surface area is 247 Å². The Hall–Kier alpha value is -5.18. The third-order valence-corrected chi connectivity index (χ3v) is 9.36. The van der Waals surface area contributed by atoms with Crippen LogP contribution in [-0.2, 0) is 10.0 Å². The number of carbonyl (C=O) groups excluding carboxylic acids is 1. The number of benzene rings is 4. The van der Waals surface area contributed by atoms with Gasteiger partial charge in [0.25, 0.3) is 10.0 Å². The molecule has 0 atom stereocenters. The summed E-state index contributed by atoms with van der Waals surface area (Å²) in [5.41, 5.74) is 2.80. The molecule has 0 aliphatic carbocycles. The Morgan fingerprint density at radius 3 is 2.50 bits per heavy atom. The van der Waals surface area contributed by atoms with Crippen LogP contribution >= 0.6 is 15.9 Å². The fraction of sp³-hybridized carbons (Fsp3) is 0. The average molecular weight is 636 g/mol. The second-order valence-electron chi connectivity index (χ2n) is 9.48. The molecule has 4 aromatic carbocycles. The van der Waals surface area contributed by atoms with E-state index in [-0.39, 0.29) is 16.2 Å². The average Bonchev–Trinajstić information content (AvgIpc) is 3.70. The van der Waals surface area contributed by atoms with Crippen molar-refractivity contribution in [1.29, 1.82) is 5.26 Å². The first-order valence-electron chi connectivity index (χ1n) is 12.7. The number of nitrogens with one attached hydrogen (secondary N) is 1. The van der Waals surface area contributed by atoms with E-state index in [0.717, 1.165) is 3.97 Å². The lowest BCUT2D eigenvalue weighted by Gasteiger charge is -2.11. The molecular formula is C31H18BrN5O4S. The minimum Gasteiger partial charge on any atom is -0.457 e. The molecule has 42 heavy (non-hydrogen) atoms. The second kappa shape index (κ2) is 9.73. The van der Waals surface area contributed by atoms with Gasteiger partial charge < -0.3 is 9.72 Å². The SMILES string of the molecule is N#Cc1cccc(Oc2ccc3c(c2)[nH]c2c(C(=O)c4cc5c(Br)cccc5n4S(=O)(=O)c4ccccc4)cnn23)c1. The highest BCUT2D eigenvalue weighted by Gasteiger charge is 2.29. The first kappa shape index (κ1) is 25.8. The number of rotatable bonds is 6. The van der Waals surface area contributed by atoms with Crippen molar-refractivity contribution < 1.29 is 17.9 Å². The van der Waals surface area contributed by atoms with E-state index < -0.39 is 15.8 Å². The number of aromatic amines is 1. The highest BCUT2D eigenvalue weighted by molar-refractivity contribution is 9.10. The molecule has 0 saturated carbocycles. The standard InChI is InChI=1S/C31H18BrN5O4S/c32-25-10-5-11-27-23(25)16-29(37(27)42(39,40)22-8-2-1-3-9-22)30(38)24-18-34-36-28-13-12-21(15-26(28)35-31(24)36)41-20-7-4-6-19(14-20)17-33/h1-16,18,35H. The number of fused-ring (bicyclic) bond motifs is 4. The molecule has 0 radical (unpaired) electrons. The highest BCUT2D eigenvalue weighted by Crippen LogP contribution is 2.33. The Balaban J connectivity index is 1.35. The molecule has 0 saturated heterocycles. The molecule has 9 nitrogen and oxygen atoms in total. The first-order valence-corrected chi connectivity index (χ1v) is 14.9. The summed E-state index contributed by atoms with van der Waals surface area (Å²) in [6, 6.07) is 29.0. The van der Waals surface area contributed by atoms with E-state index in [0.29, 0.717) is 49.1 Å². The molecule has 204 valence electrons. The number of nitrogens with zero attached hydrogens (tertiary/aromatic N) is 4. The molecule has 0 amide bonds. The van der Waals surface area contributed by atoms with Crippen LogP contribution in [0, 0.1) is 11.3 Å². The largest absolute Gasteiger partial charge is 0.457 e. The van der Waals surface area contributed by atoms with Crippen LogP contribution in [0.4, 0.5) is 0 Å². The highest BCUT2D eigenvalue weighted by atomic mass is 79.9. The summed E-state index contributed by atoms with van der Waals surface area (Å²) in [5.74, 6) is 0.525. The van der Waals surface area contributed by atoms with Crippen LogP contribution in [0.3, 0.4) is 0 Å². The summed E-state index contributed by atoms with van der Waals surface area (Å²) in [5, 5.41) is 14.2. The monoisotopic (exact) mass is 635 g/mol. The van der Waals surface area contributed by atoms with E-state index in [1.165, 1.54) is 18.3 Å². The van der Waals surface area contributed by atoms with Crippen LogP contribution in [0.5, 0.6) is 11.5 Å². The van der Waals surface area contributed by atoms with Crippen molar-refractivity contribution in [3.63, 3.8) is 0 Å². The van der Waals surface area contributed by atoms with Gasteiger partial charge in [-0.15, -0.1) is 0 Å². The van der Waals surface area contributed by atoms with Gasteiger partial charge in [0.1, 0.15) is 22.8 Å². The fourth-order valence-corrected chi connectivity index (χ4v) is 6.99. The lowest BCUT2D eigenvalue weighted by molar-refractivity contribution is 0.103. The van der Waals surface area contributed by atoms with Gasteiger partial charge in [0.05, 0.1) is 44.8 Å². The fourth-order valence-electron chi connectivity index (χ4n) is 5.00. The molecule has 11 heteroatoms. The molecule has 0 aliphatic heterocycles. The predicted molar refractivity (Wildman–Crippen MR) is 160 cm³/mol. The van der Waals surface area contributed by atoms with Crippen molar-refractivity contribution in [3.05, 3.63) is 125 Å². The summed E-state index contributed by atoms with van der Waals surface area (Å²) in [6.45, 7) is 0. The number of ketones is 1. The van der Waals surface area contributed by atoms with Gasteiger partial charge in [-0.1, -0.05) is 46.3 Å². The van der Waals surface area contributed by atoms with Crippen molar-refractivity contribution in [2.24, 2.45) is 0 Å². The minimum absolute atomic E-state index is 0.0179. The Morgan fingerprint density at radius 1 is 0.905 bits per heavy atom. The van der Waals surface area contributed by atoms with Gasteiger partial charge in [0.2, 0.25) is 5.78 Å². The van der Waals surface area contributed by atoms with Gasteiger partial charge in [-0.05, 0) is 60.7 Å². The minimum atomic E-state index is -4.12. The lowest BCUT2D eigenvalue weighted by Crippen LogP contribution is -2.19. The zero-order valence-corrected chi connectivity index (χ0v) is 23.9. The third-order valence-electron chi connectivity index (χ3n) is 6.92. The van der Waals surface area contributed by atoms with Crippen molar-refractivity contribution >= 4 is 59.3 Å². The number of nitriles is 1. The summed E-state index contributed by atoms with van der Waals surface area (Å²) >= 11 is 3.50. The molecule has 0 aliphatic rings. The Morgan fingerprint density at radius 2 is 1.69 bits per heavy atom. The third kappa shape index (κ3) is 4.08. The molecule has 7 aromatic rings. The molecular weight excluding hydrogens is 618 g/mol. The number of carbonyl (C=O) groups is 1. The number of ether oxygens (including phenoxy) is 1. The Kier molecular flexibility index (Phi) is 5.97. The van der Waals surface area contributed by atoms with Crippen LogP contribution in [0.2, 0.25) is 0 Å². The lowest BCUT2D eigenvalue weighted by atomic mass is 10.1. The van der Waals surface area contributed by atoms with Crippen molar-refractivity contribution in [2.75, 3.05) is 0 Å². The van der Waals surface area contributed by atoms with Crippen LogP contribution in [0.15, 0.2) is 113 Å². The van der Waals surface area contributed by atoms with Crippen molar-refractivity contribution in [3.8, 4) is 17.6 Å². The molecule has 0 unspecified atom stereocenters. The molecule has 1 N–H and O–H groups in total. The van der Waals surface area contributed by atoms with Crippen molar-refractivity contribution in [2.45, 2.75) is 4.90 Å². The quantitative estimate of drug-likeness (QED) is 0.204. The molecule has 0 fully saturated rings. The molecule has 3 aromatic heterocycles. The van der Waals surface area contributed by atoms with E-state index in [1.54, 1.807) is 89.4 Å². The number of H-pyrrole nitrogens is 1. The second-order valence-corrected chi connectivity index (χ2v) is 12.1. The molecule has 0 bridgehead atoms. The van der Waals surface area contributed by atoms with Crippen LogP contribution < -0.4 is 4.74 Å². The number of hydrogen-bond donors (Lipinski definition) is 1. The van der Waals surface area contributed by atoms with Crippen molar-refractivity contribution in [1.82, 2.24) is 18.6 Å². The molecule has 7 rings (SSSR count). The van der Waals surface area contributed by atoms with E-state index in [4.69, 9.17) is 10.00 Å². The zero-order chi connectivity index (χ0) is 29.0. The normalized spacial score (nSPS) is 11.7. The van der Waals surface area contributed by atoms with E-state index in [9.17, 15) is 13.2 Å². The van der Waals surface area contributed by atoms with Gasteiger partial charge in [0.15, 0.2) is 0 Å². The first-order chi connectivity index (χ1) is 20.3. The Bertz CT molecular complexity index is 2350. The summed E-state index contributed by atoms with van der Waals surface area (Å²) in [4.78, 5) is 17.4. The van der Waals surface area contributed by atoms with E-state index in [2.05, 4.69) is 32.1 Å². The van der Waals surface area contributed by atoms with Crippen LogP contribution in [0.25, 0.3) is 27.6 Å². The molecule has 0 spiro atoms. The van der Waals surface area contributed by atoms with Gasteiger partial charge in [-0.25, -0.2) is 16.9 Å². The van der Waals surface area contributed by atoms with Crippen LogP contribution in [0.1, 0.15) is 21.6 Å². The maximum Gasteiger partial charge on any atom is 0.268 e. The number of halogens is 1. The summed E-state index contributed by atoms with van der Waals surface area (Å²) in [6.07, 6.45) is 1.43. The zero-order valence-electron chi connectivity index (χ0n) is 21.5. The van der Waals surface area contributed by atoms with Crippen LogP contribution in [-0.4, -0.2) is 32.8 Å². The number of aromatic nitrogens is 4. The summed E-state index contributed by atoms with van der Waals surface area (Å²) < 4.78 is 37.1. The summed E-state index contributed by atoms with van der Waals surface area (Å²) in [7, 11) is -4.12. The van der Waals surface area contributed by atoms with Gasteiger partial charge in [-0.2, -0.15) is 10.4 Å². The topological polar surface area (TPSA) is 122 Å². The maximum atomic E-state index is 14.1. The van der Waals surface area contributed by atoms with Gasteiger partial charge in [-0.3, -0.25) is 4.79 Å². The maximum absolute atomic E-state index is 14.1. The number of hydrogen-bond acceptors (Lipinski definition) is 6. The van der Waals surface area contributed by atoms with E-state index in [1.807, 2.05) is 0 Å². The smallest absolute Gasteiger partial charge is 0.268 e. The number of imidazole rings is 1. The van der Waals surface area contributed by atoms with E-state index >= 15 is 0 Å². The molecule has 3 heterocycles.